The molecule has 2 rings (SSSR count). The lowest BCUT2D eigenvalue weighted by atomic mass is 10.2. The molecule has 6 nitrogen and oxygen atoms in total. The summed E-state index contributed by atoms with van der Waals surface area (Å²) in [6, 6.07) is 9.00. The van der Waals surface area contributed by atoms with E-state index in [1.54, 1.807) is 24.3 Å². The van der Waals surface area contributed by atoms with Crippen molar-refractivity contribution in [2.75, 3.05) is 20.8 Å². The number of halogens is 1. The summed E-state index contributed by atoms with van der Waals surface area (Å²) in [5.74, 6) is 1.57. The van der Waals surface area contributed by atoms with Crippen LogP contribution in [0.15, 0.2) is 36.4 Å². The van der Waals surface area contributed by atoms with Crippen LogP contribution in [0.1, 0.15) is 20.7 Å². The molecule has 0 spiro atoms. The molecule has 0 bridgehead atoms. The number of methoxy groups -OCH3 is 2. The number of carbonyl (C=O) groups is 2. The van der Waals surface area contributed by atoms with Crippen LogP contribution in [0.4, 0.5) is 0 Å². The summed E-state index contributed by atoms with van der Waals surface area (Å²) in [6.45, 7) is -0.174. The molecular formula is C19H15ClO6. The van der Waals surface area contributed by atoms with Gasteiger partial charge in [-0.05, 0) is 36.4 Å². The highest BCUT2D eigenvalue weighted by molar-refractivity contribution is 6.32. The van der Waals surface area contributed by atoms with E-state index in [1.807, 2.05) is 0 Å². The van der Waals surface area contributed by atoms with E-state index in [0.29, 0.717) is 11.3 Å². The van der Waals surface area contributed by atoms with Crippen LogP contribution in [0.2, 0.25) is 5.02 Å². The van der Waals surface area contributed by atoms with E-state index in [2.05, 4.69) is 5.92 Å². The normalized spacial score (nSPS) is 9.77. The summed E-state index contributed by atoms with van der Waals surface area (Å²) >= 11 is 6.15. The molecule has 0 radical (unpaired) electrons. The van der Waals surface area contributed by atoms with Gasteiger partial charge in [0.1, 0.15) is 5.75 Å². The number of rotatable bonds is 6. The SMILES string of the molecule is C#CCOC(=O)c1cc(Cl)c(OC(=O)c2ccc(OC)cc2)c(OC)c1. The fourth-order valence-electron chi connectivity index (χ4n) is 2.01. The topological polar surface area (TPSA) is 71.1 Å². The highest BCUT2D eigenvalue weighted by Crippen LogP contribution is 2.37. The highest BCUT2D eigenvalue weighted by atomic mass is 35.5. The summed E-state index contributed by atoms with van der Waals surface area (Å²) in [6.07, 6.45) is 5.05. The van der Waals surface area contributed by atoms with Crippen LogP contribution in [-0.2, 0) is 4.74 Å². The zero-order valence-electron chi connectivity index (χ0n) is 14.1. The lowest BCUT2D eigenvalue weighted by Crippen LogP contribution is -2.11. The van der Waals surface area contributed by atoms with Gasteiger partial charge in [-0.25, -0.2) is 9.59 Å². The molecule has 134 valence electrons. The fraction of sp³-hybridized carbons (Fsp3) is 0.158. The number of hydrogen-bond donors (Lipinski definition) is 0. The van der Waals surface area contributed by atoms with E-state index in [1.165, 1.54) is 26.4 Å². The maximum atomic E-state index is 12.3. The first kappa shape index (κ1) is 19.2. The first-order valence-electron chi connectivity index (χ1n) is 7.34. The number of terminal acetylenes is 1. The molecule has 0 aliphatic heterocycles. The lowest BCUT2D eigenvalue weighted by Gasteiger charge is -2.13. The molecule has 0 N–H and O–H groups in total. The minimum Gasteiger partial charge on any atom is -0.497 e. The Bertz CT molecular complexity index is 852. The van der Waals surface area contributed by atoms with Crippen molar-refractivity contribution in [3.63, 3.8) is 0 Å². The Hall–Kier alpha value is -3.17. The molecule has 0 saturated carbocycles. The quantitative estimate of drug-likeness (QED) is 0.438. The third-order valence-corrected chi connectivity index (χ3v) is 3.55. The van der Waals surface area contributed by atoms with Crippen molar-refractivity contribution in [2.45, 2.75) is 0 Å². The molecule has 0 saturated heterocycles. The second-order valence-corrected chi connectivity index (χ2v) is 5.29. The van der Waals surface area contributed by atoms with Gasteiger partial charge in [0.2, 0.25) is 0 Å². The second kappa shape index (κ2) is 8.79. The van der Waals surface area contributed by atoms with Crippen LogP contribution in [0.25, 0.3) is 0 Å². The van der Waals surface area contributed by atoms with Gasteiger partial charge in [-0.2, -0.15) is 0 Å². The van der Waals surface area contributed by atoms with Crippen molar-refractivity contribution in [3.8, 4) is 29.6 Å². The average Bonchev–Trinajstić information content (AvgIpc) is 2.67. The Balaban J connectivity index is 2.26. The molecule has 0 unspecified atom stereocenters. The molecule has 0 aromatic heterocycles. The van der Waals surface area contributed by atoms with E-state index < -0.39 is 11.9 Å². The van der Waals surface area contributed by atoms with Crippen LogP contribution in [0.5, 0.6) is 17.2 Å². The van der Waals surface area contributed by atoms with Crippen molar-refractivity contribution < 1.29 is 28.5 Å². The molecule has 26 heavy (non-hydrogen) atoms. The number of benzene rings is 2. The van der Waals surface area contributed by atoms with Crippen molar-refractivity contribution in [2.24, 2.45) is 0 Å². The Kier molecular flexibility index (Phi) is 6.48. The van der Waals surface area contributed by atoms with Gasteiger partial charge in [-0.15, -0.1) is 6.42 Å². The number of ether oxygens (including phenoxy) is 4. The summed E-state index contributed by atoms with van der Waals surface area (Å²) in [7, 11) is 2.88. The van der Waals surface area contributed by atoms with Gasteiger partial charge >= 0.3 is 11.9 Å². The summed E-state index contributed by atoms with van der Waals surface area (Å²) < 4.78 is 20.4. The Morgan fingerprint density at radius 3 is 2.31 bits per heavy atom. The van der Waals surface area contributed by atoms with Crippen molar-refractivity contribution in [3.05, 3.63) is 52.5 Å². The largest absolute Gasteiger partial charge is 0.497 e. The smallest absolute Gasteiger partial charge is 0.343 e. The molecular weight excluding hydrogens is 360 g/mol. The molecule has 7 heteroatoms. The van der Waals surface area contributed by atoms with Crippen molar-refractivity contribution in [1.82, 2.24) is 0 Å². The average molecular weight is 375 g/mol. The molecule has 0 aliphatic rings. The van der Waals surface area contributed by atoms with Crippen LogP contribution >= 0.6 is 11.6 Å². The van der Waals surface area contributed by atoms with Crippen molar-refractivity contribution >= 4 is 23.5 Å². The molecule has 0 amide bonds. The maximum Gasteiger partial charge on any atom is 0.343 e. The minimum absolute atomic E-state index is 0.0107. The van der Waals surface area contributed by atoms with E-state index in [-0.39, 0.29) is 28.7 Å². The van der Waals surface area contributed by atoms with E-state index in [9.17, 15) is 9.59 Å². The number of carbonyl (C=O) groups excluding carboxylic acids is 2. The van der Waals surface area contributed by atoms with Gasteiger partial charge in [0.15, 0.2) is 18.1 Å². The number of esters is 2. The van der Waals surface area contributed by atoms with Crippen LogP contribution in [0.3, 0.4) is 0 Å². The molecule has 0 heterocycles. The van der Waals surface area contributed by atoms with Gasteiger partial charge in [0.25, 0.3) is 0 Å². The molecule has 0 fully saturated rings. The highest BCUT2D eigenvalue weighted by Gasteiger charge is 2.20. The summed E-state index contributed by atoms with van der Waals surface area (Å²) in [4.78, 5) is 24.2. The Morgan fingerprint density at radius 1 is 1.04 bits per heavy atom. The van der Waals surface area contributed by atoms with Gasteiger partial charge < -0.3 is 18.9 Å². The predicted octanol–water partition coefficient (Wildman–Crippen LogP) is 3.37. The van der Waals surface area contributed by atoms with E-state index in [0.717, 1.165) is 0 Å². The lowest BCUT2D eigenvalue weighted by molar-refractivity contribution is 0.0556. The van der Waals surface area contributed by atoms with Crippen LogP contribution in [0, 0.1) is 12.3 Å². The Morgan fingerprint density at radius 2 is 1.73 bits per heavy atom. The first-order chi connectivity index (χ1) is 12.5. The van der Waals surface area contributed by atoms with Gasteiger partial charge in [-0.3, -0.25) is 0 Å². The minimum atomic E-state index is -0.670. The molecule has 0 atom stereocenters. The molecule has 0 aliphatic carbocycles. The maximum absolute atomic E-state index is 12.3. The predicted molar refractivity (Wildman–Crippen MR) is 95.1 cm³/mol. The zero-order chi connectivity index (χ0) is 19.1. The first-order valence-corrected chi connectivity index (χ1v) is 7.72. The number of hydrogen-bond acceptors (Lipinski definition) is 6. The standard InChI is InChI=1S/C19H15ClO6/c1-4-9-25-18(21)13-10-15(20)17(16(11-13)24-3)26-19(22)12-5-7-14(23-2)8-6-12/h1,5-8,10-11H,9H2,2-3H3. The van der Waals surface area contributed by atoms with Crippen LogP contribution in [-0.4, -0.2) is 32.8 Å². The third kappa shape index (κ3) is 4.47. The zero-order valence-corrected chi connectivity index (χ0v) is 14.8. The second-order valence-electron chi connectivity index (χ2n) is 4.89. The van der Waals surface area contributed by atoms with Gasteiger partial charge in [0.05, 0.1) is 30.4 Å². The van der Waals surface area contributed by atoms with E-state index in [4.69, 9.17) is 37.0 Å². The Labute approximate surface area is 155 Å². The summed E-state index contributed by atoms with van der Waals surface area (Å²) in [5, 5.41) is 0.0128. The fourth-order valence-corrected chi connectivity index (χ4v) is 2.26. The van der Waals surface area contributed by atoms with Crippen molar-refractivity contribution in [1.29, 1.82) is 0 Å². The third-order valence-electron chi connectivity index (χ3n) is 3.27. The van der Waals surface area contributed by atoms with Gasteiger partial charge in [-0.1, -0.05) is 17.5 Å². The van der Waals surface area contributed by atoms with E-state index >= 15 is 0 Å². The van der Waals surface area contributed by atoms with Crippen LogP contribution < -0.4 is 14.2 Å². The monoisotopic (exact) mass is 374 g/mol. The summed E-state index contributed by atoms with van der Waals surface area (Å²) in [5.41, 5.74) is 0.410. The van der Waals surface area contributed by atoms with Gasteiger partial charge in [0, 0.05) is 0 Å². The molecule has 2 aromatic carbocycles. The molecule has 2 aromatic rings.